The van der Waals surface area contributed by atoms with Gasteiger partial charge < -0.3 is 14.8 Å². The molecule has 1 heterocycles. The third-order valence-corrected chi connectivity index (χ3v) is 3.04. The minimum absolute atomic E-state index is 0.0280. The van der Waals surface area contributed by atoms with Crippen LogP contribution in [-0.2, 0) is 14.3 Å². The van der Waals surface area contributed by atoms with Crippen LogP contribution in [0.3, 0.4) is 0 Å². The molecule has 0 saturated carbocycles. The molecule has 1 fully saturated rings. The molecule has 23 heavy (non-hydrogen) atoms. The summed E-state index contributed by atoms with van der Waals surface area (Å²) in [5.41, 5.74) is 0.0127. The molecule has 3 amide bonds. The zero-order chi connectivity index (χ0) is 17.0. The highest BCUT2D eigenvalue weighted by Crippen LogP contribution is 2.26. The van der Waals surface area contributed by atoms with Gasteiger partial charge in [-0.05, 0) is 20.8 Å². The molecule has 2 rings (SSSR count). The fourth-order valence-corrected chi connectivity index (χ4v) is 2.07. The molecule has 1 unspecified atom stereocenters. The normalized spacial score (nSPS) is 17.9. The molecule has 0 aromatic heterocycles. The Balaban J connectivity index is 1.88. The SMILES string of the molecule is CC(C)(C)OC(=O)NCCN1C(=O)OC(c2ccccc2)C1=O. The first-order chi connectivity index (χ1) is 10.8. The molecular formula is C16H20N2O5. The Kier molecular flexibility index (Phi) is 4.88. The van der Waals surface area contributed by atoms with Crippen LogP contribution < -0.4 is 5.32 Å². The van der Waals surface area contributed by atoms with Crippen molar-refractivity contribution in [3.8, 4) is 0 Å². The number of benzene rings is 1. The molecule has 0 radical (unpaired) electrons. The Morgan fingerprint density at radius 3 is 2.52 bits per heavy atom. The molecule has 0 bridgehead atoms. The smallest absolute Gasteiger partial charge is 0.417 e. The van der Waals surface area contributed by atoms with E-state index < -0.39 is 29.8 Å². The van der Waals surface area contributed by atoms with Crippen LogP contribution in [0.5, 0.6) is 0 Å². The second-order valence-corrected chi connectivity index (χ2v) is 6.09. The number of carbonyl (C=O) groups excluding carboxylic acids is 3. The maximum absolute atomic E-state index is 12.3. The maximum Gasteiger partial charge on any atom is 0.417 e. The van der Waals surface area contributed by atoms with E-state index in [2.05, 4.69) is 5.32 Å². The van der Waals surface area contributed by atoms with Gasteiger partial charge in [0.2, 0.25) is 6.10 Å². The number of alkyl carbamates (subject to hydrolysis) is 1. The summed E-state index contributed by atoms with van der Waals surface area (Å²) < 4.78 is 10.2. The summed E-state index contributed by atoms with van der Waals surface area (Å²) in [5, 5.41) is 2.50. The number of ether oxygens (including phenoxy) is 2. The molecular weight excluding hydrogens is 300 g/mol. The van der Waals surface area contributed by atoms with Crippen LogP contribution in [0.1, 0.15) is 32.4 Å². The monoisotopic (exact) mass is 320 g/mol. The van der Waals surface area contributed by atoms with E-state index in [1.807, 2.05) is 6.07 Å². The molecule has 1 aromatic rings. The number of imide groups is 1. The molecule has 0 spiro atoms. The van der Waals surface area contributed by atoms with Crippen molar-refractivity contribution < 1.29 is 23.9 Å². The molecule has 7 nitrogen and oxygen atoms in total. The van der Waals surface area contributed by atoms with Gasteiger partial charge in [0.25, 0.3) is 5.91 Å². The summed E-state index contributed by atoms with van der Waals surface area (Å²) >= 11 is 0. The molecule has 124 valence electrons. The van der Waals surface area contributed by atoms with Crippen molar-refractivity contribution in [3.63, 3.8) is 0 Å². The van der Waals surface area contributed by atoms with Crippen molar-refractivity contribution in [3.05, 3.63) is 35.9 Å². The minimum Gasteiger partial charge on any atom is -0.444 e. The molecule has 1 aromatic carbocycles. The average molecular weight is 320 g/mol. The van der Waals surface area contributed by atoms with Crippen molar-refractivity contribution in [2.75, 3.05) is 13.1 Å². The first-order valence-electron chi connectivity index (χ1n) is 7.32. The van der Waals surface area contributed by atoms with E-state index >= 15 is 0 Å². The zero-order valence-electron chi connectivity index (χ0n) is 13.4. The van der Waals surface area contributed by atoms with Crippen molar-refractivity contribution in [1.82, 2.24) is 10.2 Å². The van der Waals surface area contributed by atoms with E-state index in [1.165, 1.54) is 0 Å². The van der Waals surface area contributed by atoms with Gasteiger partial charge in [-0.25, -0.2) is 14.5 Å². The van der Waals surface area contributed by atoms with Crippen LogP contribution in [0.15, 0.2) is 30.3 Å². The van der Waals surface area contributed by atoms with Crippen LogP contribution in [0.2, 0.25) is 0 Å². The average Bonchev–Trinajstić information content (AvgIpc) is 2.74. The number of hydrogen-bond acceptors (Lipinski definition) is 5. The number of carbonyl (C=O) groups is 3. The lowest BCUT2D eigenvalue weighted by Crippen LogP contribution is -2.40. The van der Waals surface area contributed by atoms with Gasteiger partial charge in [0.1, 0.15) is 5.60 Å². The van der Waals surface area contributed by atoms with Crippen molar-refractivity contribution in [2.24, 2.45) is 0 Å². The van der Waals surface area contributed by atoms with Crippen LogP contribution >= 0.6 is 0 Å². The van der Waals surface area contributed by atoms with E-state index in [0.717, 1.165) is 4.90 Å². The molecule has 0 aliphatic carbocycles. The highest BCUT2D eigenvalue weighted by molar-refractivity contribution is 6.00. The quantitative estimate of drug-likeness (QED) is 0.919. The standard InChI is InChI=1S/C16H20N2O5/c1-16(2,3)23-14(20)17-9-10-18-13(19)12(22-15(18)21)11-7-5-4-6-8-11/h4-8,12H,9-10H2,1-3H3,(H,17,20). The molecule has 1 atom stereocenters. The van der Waals surface area contributed by atoms with E-state index in [9.17, 15) is 14.4 Å². The Bertz CT molecular complexity index is 594. The van der Waals surface area contributed by atoms with Crippen LogP contribution in [0.25, 0.3) is 0 Å². The van der Waals surface area contributed by atoms with E-state index in [0.29, 0.717) is 5.56 Å². The lowest BCUT2D eigenvalue weighted by Gasteiger charge is -2.20. The number of hydrogen-bond donors (Lipinski definition) is 1. The lowest BCUT2D eigenvalue weighted by atomic mass is 10.1. The second-order valence-electron chi connectivity index (χ2n) is 6.09. The molecule has 1 saturated heterocycles. The first kappa shape index (κ1) is 16.8. The van der Waals surface area contributed by atoms with Gasteiger partial charge >= 0.3 is 12.2 Å². The third-order valence-electron chi connectivity index (χ3n) is 3.04. The largest absolute Gasteiger partial charge is 0.444 e. The van der Waals surface area contributed by atoms with Gasteiger partial charge in [0.05, 0.1) is 0 Å². The number of rotatable bonds is 4. The number of amides is 3. The van der Waals surface area contributed by atoms with Gasteiger partial charge in [0, 0.05) is 18.7 Å². The van der Waals surface area contributed by atoms with Crippen molar-refractivity contribution >= 4 is 18.1 Å². The lowest BCUT2D eigenvalue weighted by molar-refractivity contribution is -0.129. The van der Waals surface area contributed by atoms with Gasteiger partial charge in [-0.15, -0.1) is 0 Å². The molecule has 1 N–H and O–H groups in total. The maximum atomic E-state index is 12.3. The summed E-state index contributed by atoms with van der Waals surface area (Å²) in [7, 11) is 0. The topological polar surface area (TPSA) is 84.9 Å². The van der Waals surface area contributed by atoms with Gasteiger partial charge in [-0.1, -0.05) is 30.3 Å². The van der Waals surface area contributed by atoms with E-state index in [4.69, 9.17) is 9.47 Å². The predicted molar refractivity (Wildman–Crippen MR) is 81.6 cm³/mol. The second kappa shape index (κ2) is 6.68. The number of nitrogens with one attached hydrogen (secondary N) is 1. The van der Waals surface area contributed by atoms with Crippen LogP contribution in [0.4, 0.5) is 9.59 Å². The van der Waals surface area contributed by atoms with Gasteiger partial charge in [0.15, 0.2) is 0 Å². The van der Waals surface area contributed by atoms with Crippen molar-refractivity contribution in [2.45, 2.75) is 32.5 Å². The predicted octanol–water partition coefficient (Wildman–Crippen LogP) is 2.23. The fraction of sp³-hybridized carbons (Fsp3) is 0.438. The summed E-state index contributed by atoms with van der Waals surface area (Å²) in [4.78, 5) is 36.6. The van der Waals surface area contributed by atoms with Crippen LogP contribution in [-0.4, -0.2) is 41.7 Å². The highest BCUT2D eigenvalue weighted by atomic mass is 16.6. The summed E-state index contributed by atoms with van der Waals surface area (Å²) in [6, 6.07) is 8.79. The summed E-state index contributed by atoms with van der Waals surface area (Å²) in [5.74, 6) is -0.438. The molecule has 1 aliphatic heterocycles. The molecule has 7 heteroatoms. The first-order valence-corrected chi connectivity index (χ1v) is 7.32. The molecule has 1 aliphatic rings. The number of cyclic esters (lactones) is 1. The number of nitrogens with zero attached hydrogens (tertiary/aromatic N) is 1. The third kappa shape index (κ3) is 4.45. The van der Waals surface area contributed by atoms with Crippen molar-refractivity contribution in [1.29, 1.82) is 0 Å². The zero-order valence-corrected chi connectivity index (χ0v) is 13.4. The Labute approximate surface area is 134 Å². The van der Waals surface area contributed by atoms with E-state index in [-0.39, 0.29) is 13.1 Å². The van der Waals surface area contributed by atoms with Gasteiger partial charge in [-0.2, -0.15) is 0 Å². The Morgan fingerprint density at radius 2 is 1.91 bits per heavy atom. The minimum atomic E-state index is -0.926. The Morgan fingerprint density at radius 1 is 1.26 bits per heavy atom. The summed E-state index contributed by atoms with van der Waals surface area (Å²) in [6.07, 6.45) is -2.24. The van der Waals surface area contributed by atoms with Gasteiger partial charge in [-0.3, -0.25) is 4.79 Å². The summed E-state index contributed by atoms with van der Waals surface area (Å²) in [6.45, 7) is 5.37. The fourth-order valence-electron chi connectivity index (χ4n) is 2.07. The van der Waals surface area contributed by atoms with Crippen LogP contribution in [0, 0.1) is 0 Å². The Hall–Kier alpha value is -2.57. The van der Waals surface area contributed by atoms with E-state index in [1.54, 1.807) is 45.0 Å². The highest BCUT2D eigenvalue weighted by Gasteiger charge is 2.41.